The molecular weight excluding hydrogens is 402 g/mol. The predicted molar refractivity (Wildman–Crippen MR) is 89.0 cm³/mol. The van der Waals surface area contributed by atoms with Gasteiger partial charge in [0, 0.05) is 18.8 Å². The highest BCUT2D eigenvalue weighted by Crippen LogP contribution is 2.36. The molecule has 0 bridgehead atoms. The smallest absolute Gasteiger partial charge is 0.168 e. The van der Waals surface area contributed by atoms with Gasteiger partial charge in [0.25, 0.3) is 0 Å². The Kier molecular flexibility index (Phi) is 5.41. The van der Waals surface area contributed by atoms with Gasteiger partial charge in [0.05, 0.1) is 16.1 Å². The van der Waals surface area contributed by atoms with Gasteiger partial charge in [0.2, 0.25) is 0 Å². The third-order valence-electron chi connectivity index (χ3n) is 2.72. The fourth-order valence-corrected chi connectivity index (χ4v) is 2.66. The monoisotopic (exact) mass is 415 g/mol. The van der Waals surface area contributed by atoms with Gasteiger partial charge in [-0.05, 0) is 50.9 Å². The van der Waals surface area contributed by atoms with Crippen LogP contribution in [-0.2, 0) is 6.61 Å². The summed E-state index contributed by atoms with van der Waals surface area (Å²) in [5, 5.41) is 3.00. The normalized spacial score (nSPS) is 10.3. The molecule has 0 radical (unpaired) electrons. The summed E-state index contributed by atoms with van der Waals surface area (Å²) in [6.07, 6.45) is 0. The van der Waals surface area contributed by atoms with Crippen molar-refractivity contribution < 1.29 is 9.47 Å². The lowest BCUT2D eigenvalue weighted by Gasteiger charge is -2.11. The largest absolute Gasteiger partial charge is 0.496 e. The number of hydrogen-bond donors (Lipinski definition) is 1. The number of aryl methyl sites for hydroxylation is 1. The molecule has 112 valence electrons. The topological polar surface area (TPSA) is 56.3 Å². The molecule has 0 amide bonds. The zero-order chi connectivity index (χ0) is 15.4. The zero-order valence-electron chi connectivity index (χ0n) is 11.9. The van der Waals surface area contributed by atoms with Gasteiger partial charge < -0.3 is 14.8 Å². The van der Waals surface area contributed by atoms with Gasteiger partial charge in [-0.2, -0.15) is 0 Å². The van der Waals surface area contributed by atoms with Crippen molar-refractivity contribution in [2.24, 2.45) is 0 Å². The molecule has 1 aromatic heterocycles. The van der Waals surface area contributed by atoms with E-state index in [4.69, 9.17) is 9.47 Å². The van der Waals surface area contributed by atoms with E-state index in [0.717, 1.165) is 26.2 Å². The van der Waals surface area contributed by atoms with Crippen LogP contribution in [0.1, 0.15) is 11.5 Å². The van der Waals surface area contributed by atoms with Gasteiger partial charge in [-0.25, -0.2) is 9.97 Å². The molecule has 2 aromatic rings. The van der Waals surface area contributed by atoms with E-state index >= 15 is 0 Å². The summed E-state index contributed by atoms with van der Waals surface area (Å²) in [4.78, 5) is 8.71. The van der Waals surface area contributed by atoms with Crippen LogP contribution in [0.4, 0.5) is 5.82 Å². The van der Waals surface area contributed by atoms with Crippen LogP contribution in [0.5, 0.6) is 11.5 Å². The summed E-state index contributed by atoms with van der Waals surface area (Å²) >= 11 is 6.89. The van der Waals surface area contributed by atoms with Crippen molar-refractivity contribution in [3.8, 4) is 11.5 Å². The van der Waals surface area contributed by atoms with Crippen molar-refractivity contribution in [3.05, 3.63) is 38.7 Å². The highest BCUT2D eigenvalue weighted by molar-refractivity contribution is 9.11. The number of nitrogens with one attached hydrogen (secondary N) is 1. The summed E-state index contributed by atoms with van der Waals surface area (Å²) in [6, 6.07) is 5.57. The number of benzene rings is 1. The van der Waals surface area contributed by atoms with Crippen molar-refractivity contribution >= 4 is 37.7 Å². The lowest BCUT2D eigenvalue weighted by atomic mass is 10.3. The minimum absolute atomic E-state index is 0.285. The fourth-order valence-electron chi connectivity index (χ4n) is 1.74. The number of methoxy groups -OCH3 is 1. The van der Waals surface area contributed by atoms with E-state index in [1.165, 1.54) is 0 Å². The number of rotatable bonds is 5. The van der Waals surface area contributed by atoms with Crippen LogP contribution >= 0.6 is 31.9 Å². The Balaban J connectivity index is 2.16. The van der Waals surface area contributed by atoms with Gasteiger partial charge in [0.15, 0.2) is 5.82 Å². The average Bonchev–Trinajstić information content (AvgIpc) is 2.47. The van der Waals surface area contributed by atoms with Crippen molar-refractivity contribution in [2.75, 3.05) is 19.5 Å². The van der Waals surface area contributed by atoms with Crippen LogP contribution in [0, 0.1) is 6.92 Å². The van der Waals surface area contributed by atoms with Crippen LogP contribution in [0.3, 0.4) is 0 Å². The summed E-state index contributed by atoms with van der Waals surface area (Å²) in [7, 11) is 3.44. The first-order chi connectivity index (χ1) is 10.0. The van der Waals surface area contributed by atoms with E-state index in [1.54, 1.807) is 7.11 Å². The van der Waals surface area contributed by atoms with E-state index < -0.39 is 0 Å². The summed E-state index contributed by atoms with van der Waals surface area (Å²) in [5.41, 5.74) is 0.892. The van der Waals surface area contributed by atoms with Crippen molar-refractivity contribution in [3.63, 3.8) is 0 Å². The molecule has 1 aromatic carbocycles. The van der Waals surface area contributed by atoms with Gasteiger partial charge in [0.1, 0.15) is 23.9 Å². The number of hydrogen-bond acceptors (Lipinski definition) is 5. The van der Waals surface area contributed by atoms with Gasteiger partial charge >= 0.3 is 0 Å². The lowest BCUT2D eigenvalue weighted by molar-refractivity contribution is 0.293. The van der Waals surface area contributed by atoms with Crippen molar-refractivity contribution in [2.45, 2.75) is 13.5 Å². The highest BCUT2D eigenvalue weighted by atomic mass is 79.9. The number of aromatic nitrogens is 2. The molecule has 0 aliphatic heterocycles. The first kappa shape index (κ1) is 16.0. The number of anilines is 1. The van der Waals surface area contributed by atoms with Gasteiger partial charge in [-0.1, -0.05) is 0 Å². The third-order valence-corrected chi connectivity index (χ3v) is 3.96. The third kappa shape index (κ3) is 4.07. The molecule has 0 unspecified atom stereocenters. The Hall–Kier alpha value is -1.34. The maximum Gasteiger partial charge on any atom is 0.168 e. The molecule has 1 heterocycles. The zero-order valence-corrected chi connectivity index (χ0v) is 15.1. The molecule has 21 heavy (non-hydrogen) atoms. The summed E-state index contributed by atoms with van der Waals surface area (Å²) in [5.74, 6) is 2.83. The Bertz CT molecular complexity index is 650. The maximum absolute atomic E-state index is 5.77. The quantitative estimate of drug-likeness (QED) is 0.799. The van der Waals surface area contributed by atoms with Gasteiger partial charge in [-0.15, -0.1) is 0 Å². The highest BCUT2D eigenvalue weighted by Gasteiger charge is 2.09. The average molecular weight is 417 g/mol. The molecule has 7 heteroatoms. The summed E-state index contributed by atoms with van der Waals surface area (Å²) < 4.78 is 12.6. The Morgan fingerprint density at radius 1 is 1.10 bits per heavy atom. The molecule has 5 nitrogen and oxygen atoms in total. The maximum atomic E-state index is 5.77. The lowest BCUT2D eigenvalue weighted by Crippen LogP contribution is -2.05. The Morgan fingerprint density at radius 3 is 2.43 bits per heavy atom. The second kappa shape index (κ2) is 7.09. The second-order valence-corrected chi connectivity index (χ2v) is 5.98. The minimum atomic E-state index is 0.285. The van der Waals surface area contributed by atoms with E-state index in [1.807, 2.05) is 32.2 Å². The molecule has 0 aliphatic carbocycles. The molecule has 0 atom stereocenters. The molecule has 1 N–H and O–H groups in total. The first-order valence-corrected chi connectivity index (χ1v) is 7.80. The number of ether oxygens (including phenoxy) is 2. The molecule has 2 rings (SSSR count). The Morgan fingerprint density at radius 2 is 1.76 bits per heavy atom. The fraction of sp³-hybridized carbons (Fsp3) is 0.286. The molecule has 0 spiro atoms. The van der Waals surface area contributed by atoms with E-state index in [2.05, 4.69) is 47.1 Å². The van der Waals surface area contributed by atoms with Crippen LogP contribution in [0.25, 0.3) is 0 Å². The number of halogens is 2. The molecular formula is C14H15Br2N3O2. The SMILES string of the molecule is CNc1cc(C)nc(COc2cc(Br)c(OC)cc2Br)n1. The minimum Gasteiger partial charge on any atom is -0.496 e. The molecule has 0 aliphatic rings. The van der Waals surface area contributed by atoms with E-state index in [9.17, 15) is 0 Å². The summed E-state index contributed by atoms with van der Waals surface area (Å²) in [6.45, 7) is 2.21. The van der Waals surface area contributed by atoms with Crippen molar-refractivity contribution in [1.29, 1.82) is 0 Å². The molecule has 0 saturated carbocycles. The van der Waals surface area contributed by atoms with Gasteiger partial charge in [-0.3, -0.25) is 0 Å². The standard InChI is InChI=1S/C14H15Br2N3O2/c1-8-4-13(17-2)19-14(18-8)7-21-12-6-9(15)11(20-3)5-10(12)16/h4-6H,7H2,1-3H3,(H,17,18,19). The second-order valence-electron chi connectivity index (χ2n) is 4.27. The van der Waals surface area contributed by atoms with E-state index in [-0.39, 0.29) is 6.61 Å². The van der Waals surface area contributed by atoms with E-state index in [0.29, 0.717) is 11.6 Å². The first-order valence-electron chi connectivity index (χ1n) is 6.21. The van der Waals surface area contributed by atoms with Crippen LogP contribution < -0.4 is 14.8 Å². The van der Waals surface area contributed by atoms with Crippen molar-refractivity contribution in [1.82, 2.24) is 9.97 Å². The van der Waals surface area contributed by atoms with Crippen LogP contribution in [0.15, 0.2) is 27.1 Å². The molecule has 0 saturated heterocycles. The van der Waals surface area contributed by atoms with Crippen LogP contribution in [0.2, 0.25) is 0 Å². The van der Waals surface area contributed by atoms with Crippen LogP contribution in [-0.4, -0.2) is 24.1 Å². The number of nitrogens with zero attached hydrogens (tertiary/aromatic N) is 2. The predicted octanol–water partition coefficient (Wildman–Crippen LogP) is 3.94. The Labute approximate surface area is 140 Å². The molecule has 0 fully saturated rings.